The maximum atomic E-state index is 5.90. The van der Waals surface area contributed by atoms with Gasteiger partial charge in [-0.2, -0.15) is 0 Å². The van der Waals surface area contributed by atoms with Gasteiger partial charge in [0.05, 0.1) is 0 Å². The predicted molar refractivity (Wildman–Crippen MR) is 127 cm³/mol. The van der Waals surface area contributed by atoms with Crippen molar-refractivity contribution in [2.45, 2.75) is 91.9 Å². The number of hydrogen-bond acceptors (Lipinski definition) is 1. The second-order valence-corrected chi connectivity index (χ2v) is 9.02. The van der Waals surface area contributed by atoms with Crippen molar-refractivity contribution in [1.82, 2.24) is 0 Å². The number of aryl methyl sites for hydroxylation is 4. The van der Waals surface area contributed by atoms with Crippen LogP contribution in [0.4, 0.5) is 0 Å². The molecule has 1 heteroatoms. The van der Waals surface area contributed by atoms with Gasteiger partial charge in [0.1, 0.15) is 0 Å². The van der Waals surface area contributed by atoms with Crippen molar-refractivity contribution < 1.29 is 4.74 Å². The quantitative estimate of drug-likeness (QED) is 0.330. The fourth-order valence-corrected chi connectivity index (χ4v) is 4.91. The summed E-state index contributed by atoms with van der Waals surface area (Å²) >= 11 is 0. The largest absolute Gasteiger partial charge is 0.381 e. The van der Waals surface area contributed by atoms with Crippen LogP contribution in [0.1, 0.15) is 97.6 Å². The van der Waals surface area contributed by atoms with Crippen LogP contribution in [-0.2, 0) is 4.74 Å². The van der Waals surface area contributed by atoms with Crippen molar-refractivity contribution in [3.8, 4) is 0 Å². The second kappa shape index (κ2) is 12.2. The molecule has 0 heterocycles. The molecular weight excluding hydrogens is 352 g/mol. The predicted octanol–water partition coefficient (Wildman–Crippen LogP) is 8.18. The SMILES string of the molecule is Cc1cccc(C)c1C(C)CCCCOCCCCC(C)c1c(C)cccc1C. The van der Waals surface area contributed by atoms with E-state index in [4.69, 9.17) is 4.74 Å². The van der Waals surface area contributed by atoms with E-state index in [2.05, 4.69) is 77.9 Å². The van der Waals surface area contributed by atoms with Gasteiger partial charge in [0.2, 0.25) is 0 Å². The fourth-order valence-electron chi connectivity index (χ4n) is 4.91. The van der Waals surface area contributed by atoms with E-state index in [1.807, 2.05) is 0 Å². The summed E-state index contributed by atoms with van der Waals surface area (Å²) in [7, 11) is 0. The number of benzene rings is 2. The summed E-state index contributed by atoms with van der Waals surface area (Å²) in [4.78, 5) is 0. The molecule has 160 valence electrons. The summed E-state index contributed by atoms with van der Waals surface area (Å²) in [6.07, 6.45) is 7.35. The summed E-state index contributed by atoms with van der Waals surface area (Å²) in [6.45, 7) is 15.5. The Morgan fingerprint density at radius 1 is 0.586 bits per heavy atom. The highest BCUT2D eigenvalue weighted by atomic mass is 16.5. The number of hydrogen-bond donors (Lipinski definition) is 0. The van der Waals surface area contributed by atoms with Gasteiger partial charge < -0.3 is 4.74 Å². The van der Waals surface area contributed by atoms with Gasteiger partial charge in [-0.1, -0.05) is 63.1 Å². The van der Waals surface area contributed by atoms with Crippen LogP contribution in [0.2, 0.25) is 0 Å². The third kappa shape index (κ3) is 7.30. The van der Waals surface area contributed by atoms with Crippen molar-refractivity contribution in [2.75, 3.05) is 13.2 Å². The van der Waals surface area contributed by atoms with E-state index in [0.717, 1.165) is 13.2 Å². The Kier molecular flexibility index (Phi) is 9.94. The first-order chi connectivity index (χ1) is 13.9. The molecule has 29 heavy (non-hydrogen) atoms. The lowest BCUT2D eigenvalue weighted by molar-refractivity contribution is 0.125. The van der Waals surface area contributed by atoms with Gasteiger partial charge in [-0.25, -0.2) is 0 Å². The minimum Gasteiger partial charge on any atom is -0.381 e. The molecule has 2 unspecified atom stereocenters. The minimum absolute atomic E-state index is 0.641. The second-order valence-electron chi connectivity index (χ2n) is 9.02. The van der Waals surface area contributed by atoms with Crippen LogP contribution in [0.15, 0.2) is 36.4 Å². The summed E-state index contributed by atoms with van der Waals surface area (Å²) in [5.74, 6) is 1.28. The number of unbranched alkanes of at least 4 members (excludes halogenated alkanes) is 2. The number of ether oxygens (including phenoxy) is 1. The minimum atomic E-state index is 0.641. The average Bonchev–Trinajstić information content (AvgIpc) is 2.66. The molecule has 2 atom stereocenters. The zero-order chi connectivity index (χ0) is 21.2. The van der Waals surface area contributed by atoms with Crippen LogP contribution >= 0.6 is 0 Å². The molecule has 0 fully saturated rings. The zero-order valence-corrected chi connectivity index (χ0v) is 19.7. The van der Waals surface area contributed by atoms with E-state index < -0.39 is 0 Å². The Hall–Kier alpha value is -1.60. The van der Waals surface area contributed by atoms with Crippen LogP contribution in [0.5, 0.6) is 0 Å². The molecule has 2 aromatic carbocycles. The maximum absolute atomic E-state index is 5.90. The molecule has 0 aromatic heterocycles. The van der Waals surface area contributed by atoms with Crippen molar-refractivity contribution in [2.24, 2.45) is 0 Å². The molecule has 0 saturated heterocycles. The molecule has 0 amide bonds. The van der Waals surface area contributed by atoms with E-state index in [-0.39, 0.29) is 0 Å². The molecule has 0 aliphatic rings. The van der Waals surface area contributed by atoms with Gasteiger partial charge in [-0.05, 0) is 98.6 Å². The number of rotatable bonds is 12. The first kappa shape index (κ1) is 23.7. The van der Waals surface area contributed by atoms with Gasteiger partial charge in [-0.3, -0.25) is 0 Å². The van der Waals surface area contributed by atoms with Crippen LogP contribution in [-0.4, -0.2) is 13.2 Å². The molecule has 1 nitrogen and oxygen atoms in total. The standard InChI is InChI=1S/C28H42O/c1-21(27-23(3)15-11-16-24(27)4)13-7-9-19-29-20-10-8-14-22(2)28-25(5)17-12-18-26(28)6/h11-12,15-18,21-22H,7-10,13-14,19-20H2,1-6H3. The Morgan fingerprint density at radius 2 is 0.931 bits per heavy atom. The van der Waals surface area contributed by atoms with E-state index in [9.17, 15) is 0 Å². The smallest absolute Gasteiger partial charge is 0.0466 e. The molecule has 2 rings (SSSR count). The van der Waals surface area contributed by atoms with E-state index in [1.54, 1.807) is 11.1 Å². The van der Waals surface area contributed by atoms with Crippen LogP contribution in [0.3, 0.4) is 0 Å². The summed E-state index contributed by atoms with van der Waals surface area (Å²) in [5.41, 5.74) is 8.83. The van der Waals surface area contributed by atoms with E-state index in [0.29, 0.717) is 11.8 Å². The van der Waals surface area contributed by atoms with Gasteiger partial charge in [0, 0.05) is 13.2 Å². The van der Waals surface area contributed by atoms with Crippen molar-refractivity contribution in [1.29, 1.82) is 0 Å². The van der Waals surface area contributed by atoms with Crippen LogP contribution in [0, 0.1) is 27.7 Å². The van der Waals surface area contributed by atoms with Gasteiger partial charge in [-0.15, -0.1) is 0 Å². The molecule has 0 aliphatic heterocycles. The summed E-state index contributed by atoms with van der Waals surface area (Å²) < 4.78 is 5.90. The Labute approximate surface area is 179 Å². The molecular formula is C28H42O. The van der Waals surface area contributed by atoms with Crippen LogP contribution in [0.25, 0.3) is 0 Å². The van der Waals surface area contributed by atoms with Gasteiger partial charge in [0.25, 0.3) is 0 Å². The molecule has 0 radical (unpaired) electrons. The Balaban J connectivity index is 1.55. The maximum Gasteiger partial charge on any atom is 0.0466 e. The molecule has 0 aliphatic carbocycles. The highest BCUT2D eigenvalue weighted by Crippen LogP contribution is 2.28. The third-order valence-electron chi connectivity index (χ3n) is 6.42. The third-order valence-corrected chi connectivity index (χ3v) is 6.42. The Bertz CT molecular complexity index is 642. The average molecular weight is 395 g/mol. The molecule has 0 bridgehead atoms. The highest BCUT2D eigenvalue weighted by Gasteiger charge is 2.12. The lowest BCUT2D eigenvalue weighted by Gasteiger charge is -2.18. The van der Waals surface area contributed by atoms with Crippen molar-refractivity contribution in [3.63, 3.8) is 0 Å². The van der Waals surface area contributed by atoms with Crippen molar-refractivity contribution >= 4 is 0 Å². The van der Waals surface area contributed by atoms with E-state index in [1.165, 1.54) is 60.8 Å². The first-order valence-corrected chi connectivity index (χ1v) is 11.6. The molecule has 2 aromatic rings. The normalized spacial score (nSPS) is 13.4. The molecule has 0 N–H and O–H groups in total. The highest BCUT2D eigenvalue weighted by molar-refractivity contribution is 5.36. The summed E-state index contributed by atoms with van der Waals surface area (Å²) in [5, 5.41) is 0. The van der Waals surface area contributed by atoms with Crippen LogP contribution < -0.4 is 0 Å². The topological polar surface area (TPSA) is 9.23 Å². The molecule has 0 saturated carbocycles. The zero-order valence-electron chi connectivity index (χ0n) is 19.7. The summed E-state index contributed by atoms with van der Waals surface area (Å²) in [6, 6.07) is 13.3. The fraction of sp³-hybridized carbons (Fsp3) is 0.571. The lowest BCUT2D eigenvalue weighted by Crippen LogP contribution is -2.03. The van der Waals surface area contributed by atoms with Gasteiger partial charge >= 0.3 is 0 Å². The molecule has 0 spiro atoms. The Morgan fingerprint density at radius 3 is 1.28 bits per heavy atom. The van der Waals surface area contributed by atoms with Crippen molar-refractivity contribution in [3.05, 3.63) is 69.8 Å². The first-order valence-electron chi connectivity index (χ1n) is 11.6. The monoisotopic (exact) mass is 394 g/mol. The lowest BCUT2D eigenvalue weighted by atomic mass is 9.88. The van der Waals surface area contributed by atoms with E-state index >= 15 is 0 Å². The van der Waals surface area contributed by atoms with Gasteiger partial charge in [0.15, 0.2) is 0 Å².